The number of hydrogen-bond acceptors (Lipinski definition) is 2. The number of benzene rings is 1. The number of rotatable bonds is 5. The minimum atomic E-state index is 0.534. The second-order valence-electron chi connectivity index (χ2n) is 5.22. The second kappa shape index (κ2) is 6.07. The molecule has 0 aliphatic carbocycles. The third-order valence-electron chi connectivity index (χ3n) is 3.47. The average Bonchev–Trinajstić information content (AvgIpc) is 2.70. The Morgan fingerprint density at radius 2 is 2.05 bits per heavy atom. The minimum Gasteiger partial charge on any atom is -0.461 e. The van der Waals surface area contributed by atoms with Crippen LogP contribution in [0, 0.1) is 12.8 Å². The maximum atomic E-state index is 5.82. The number of nitrogens with one attached hydrogen (secondary N) is 1. The zero-order valence-corrected chi connectivity index (χ0v) is 12.3. The number of para-hydroxylation sites is 1. The molecule has 0 aliphatic heterocycles. The van der Waals surface area contributed by atoms with Gasteiger partial charge in [-0.15, -0.1) is 0 Å². The van der Waals surface area contributed by atoms with Crippen LogP contribution in [0.25, 0.3) is 17.0 Å². The lowest BCUT2D eigenvalue weighted by Crippen LogP contribution is -2.18. The maximum Gasteiger partial charge on any atom is 0.134 e. The highest BCUT2D eigenvalue weighted by atomic mass is 16.3. The molecule has 1 N–H and O–H groups in total. The van der Waals surface area contributed by atoms with Crippen molar-refractivity contribution in [3.8, 4) is 0 Å². The molecule has 0 saturated heterocycles. The van der Waals surface area contributed by atoms with Crippen LogP contribution < -0.4 is 5.32 Å². The highest BCUT2D eigenvalue weighted by Crippen LogP contribution is 2.28. The van der Waals surface area contributed by atoms with Crippen molar-refractivity contribution in [2.45, 2.75) is 27.7 Å². The van der Waals surface area contributed by atoms with E-state index in [1.807, 2.05) is 19.1 Å². The van der Waals surface area contributed by atoms with Crippen molar-refractivity contribution in [2.24, 2.45) is 5.92 Å². The first kappa shape index (κ1) is 13.9. The van der Waals surface area contributed by atoms with E-state index in [4.69, 9.17) is 4.42 Å². The van der Waals surface area contributed by atoms with Crippen molar-refractivity contribution in [1.82, 2.24) is 5.32 Å². The third-order valence-corrected chi connectivity index (χ3v) is 3.47. The van der Waals surface area contributed by atoms with Crippen LogP contribution in [0.4, 0.5) is 0 Å². The van der Waals surface area contributed by atoms with E-state index in [-0.39, 0.29) is 0 Å². The lowest BCUT2D eigenvalue weighted by molar-refractivity contribution is 0.577. The van der Waals surface area contributed by atoms with Crippen LogP contribution in [0.2, 0.25) is 0 Å². The fourth-order valence-corrected chi connectivity index (χ4v) is 2.24. The topological polar surface area (TPSA) is 25.2 Å². The molecular formula is C17H23NO. The van der Waals surface area contributed by atoms with Crippen LogP contribution in [0.15, 0.2) is 34.3 Å². The van der Waals surface area contributed by atoms with E-state index < -0.39 is 0 Å². The van der Waals surface area contributed by atoms with Crippen molar-refractivity contribution < 1.29 is 4.42 Å². The summed E-state index contributed by atoms with van der Waals surface area (Å²) in [5, 5.41) is 4.61. The first-order valence-corrected chi connectivity index (χ1v) is 7.02. The molecule has 19 heavy (non-hydrogen) atoms. The summed E-state index contributed by atoms with van der Waals surface area (Å²) in [5.41, 5.74) is 3.60. The van der Waals surface area contributed by atoms with E-state index in [2.05, 4.69) is 44.3 Å². The summed E-state index contributed by atoms with van der Waals surface area (Å²) in [6.07, 6.45) is 2.29. The minimum absolute atomic E-state index is 0.534. The Labute approximate surface area is 115 Å². The molecule has 1 aromatic heterocycles. The number of hydrogen-bond donors (Lipinski definition) is 1. The van der Waals surface area contributed by atoms with Crippen molar-refractivity contribution in [1.29, 1.82) is 0 Å². The van der Waals surface area contributed by atoms with E-state index in [0.717, 1.165) is 24.4 Å². The molecular weight excluding hydrogens is 234 g/mol. The molecule has 102 valence electrons. The van der Waals surface area contributed by atoms with E-state index in [1.54, 1.807) is 0 Å². The van der Waals surface area contributed by atoms with Crippen LogP contribution in [0.3, 0.4) is 0 Å². The van der Waals surface area contributed by atoms with Gasteiger partial charge in [-0.25, -0.2) is 0 Å². The molecule has 0 amide bonds. The first-order valence-electron chi connectivity index (χ1n) is 7.02. The SMILES string of the molecule is CCNC/C(=C/c1c(C)oc2ccccc12)C(C)C. The Hall–Kier alpha value is -1.54. The van der Waals surface area contributed by atoms with Gasteiger partial charge >= 0.3 is 0 Å². The van der Waals surface area contributed by atoms with Crippen LogP contribution in [0.5, 0.6) is 0 Å². The molecule has 0 radical (unpaired) electrons. The summed E-state index contributed by atoms with van der Waals surface area (Å²) >= 11 is 0. The predicted molar refractivity (Wildman–Crippen MR) is 82.3 cm³/mol. The highest BCUT2D eigenvalue weighted by molar-refractivity contribution is 5.88. The van der Waals surface area contributed by atoms with E-state index in [0.29, 0.717) is 5.92 Å². The van der Waals surface area contributed by atoms with Gasteiger partial charge in [0.2, 0.25) is 0 Å². The molecule has 1 aromatic carbocycles. The van der Waals surface area contributed by atoms with Gasteiger partial charge in [-0.3, -0.25) is 0 Å². The number of fused-ring (bicyclic) bond motifs is 1. The molecule has 0 bridgehead atoms. The van der Waals surface area contributed by atoms with Crippen molar-refractivity contribution in [3.63, 3.8) is 0 Å². The number of likely N-dealkylation sites (N-methyl/N-ethyl adjacent to an activating group) is 1. The van der Waals surface area contributed by atoms with Gasteiger partial charge in [-0.05, 0) is 25.5 Å². The van der Waals surface area contributed by atoms with Gasteiger partial charge in [0.15, 0.2) is 0 Å². The molecule has 0 atom stereocenters. The zero-order valence-electron chi connectivity index (χ0n) is 12.3. The molecule has 2 aromatic rings. The Morgan fingerprint density at radius 1 is 1.32 bits per heavy atom. The van der Waals surface area contributed by atoms with E-state index >= 15 is 0 Å². The van der Waals surface area contributed by atoms with E-state index in [9.17, 15) is 0 Å². The zero-order chi connectivity index (χ0) is 13.8. The molecule has 2 nitrogen and oxygen atoms in total. The fourth-order valence-electron chi connectivity index (χ4n) is 2.24. The van der Waals surface area contributed by atoms with Crippen LogP contribution in [0.1, 0.15) is 32.1 Å². The van der Waals surface area contributed by atoms with Crippen LogP contribution in [-0.4, -0.2) is 13.1 Å². The number of aryl methyl sites for hydroxylation is 1. The Morgan fingerprint density at radius 3 is 2.74 bits per heavy atom. The molecule has 0 spiro atoms. The third kappa shape index (κ3) is 3.07. The van der Waals surface area contributed by atoms with Gasteiger partial charge in [0.25, 0.3) is 0 Å². The Balaban J connectivity index is 2.44. The Bertz CT molecular complexity index is 578. The fraction of sp³-hybridized carbons (Fsp3) is 0.412. The molecule has 0 unspecified atom stereocenters. The first-order chi connectivity index (χ1) is 9.13. The summed E-state index contributed by atoms with van der Waals surface area (Å²) in [6, 6.07) is 8.23. The monoisotopic (exact) mass is 257 g/mol. The maximum absolute atomic E-state index is 5.82. The van der Waals surface area contributed by atoms with Crippen LogP contribution >= 0.6 is 0 Å². The molecule has 2 rings (SSSR count). The summed E-state index contributed by atoms with van der Waals surface area (Å²) in [4.78, 5) is 0. The van der Waals surface area contributed by atoms with Crippen molar-refractivity contribution >= 4 is 17.0 Å². The molecule has 0 fully saturated rings. The average molecular weight is 257 g/mol. The smallest absolute Gasteiger partial charge is 0.134 e. The molecule has 1 heterocycles. The largest absolute Gasteiger partial charge is 0.461 e. The molecule has 2 heteroatoms. The standard InChI is InChI=1S/C17H23NO/c1-5-18-11-14(12(2)3)10-16-13(4)19-17-9-7-6-8-15(16)17/h6-10,12,18H,5,11H2,1-4H3/b14-10-. The molecule has 0 aliphatic rings. The molecule has 0 saturated carbocycles. The van der Waals surface area contributed by atoms with Crippen molar-refractivity contribution in [3.05, 3.63) is 41.2 Å². The van der Waals surface area contributed by atoms with Crippen molar-refractivity contribution in [2.75, 3.05) is 13.1 Å². The van der Waals surface area contributed by atoms with Gasteiger partial charge in [0.1, 0.15) is 11.3 Å². The van der Waals surface area contributed by atoms with Gasteiger partial charge in [-0.2, -0.15) is 0 Å². The summed E-state index contributed by atoms with van der Waals surface area (Å²) in [5.74, 6) is 1.53. The summed E-state index contributed by atoms with van der Waals surface area (Å²) in [7, 11) is 0. The van der Waals surface area contributed by atoms with Crippen LogP contribution in [-0.2, 0) is 0 Å². The van der Waals surface area contributed by atoms with Gasteiger partial charge < -0.3 is 9.73 Å². The summed E-state index contributed by atoms with van der Waals surface area (Å²) in [6.45, 7) is 10.6. The second-order valence-corrected chi connectivity index (χ2v) is 5.22. The Kier molecular flexibility index (Phi) is 4.43. The lowest BCUT2D eigenvalue weighted by atomic mass is 9.99. The number of furan rings is 1. The quantitative estimate of drug-likeness (QED) is 0.859. The van der Waals surface area contributed by atoms with Gasteiger partial charge in [0.05, 0.1) is 0 Å². The normalized spacial score (nSPS) is 12.6. The summed E-state index contributed by atoms with van der Waals surface area (Å²) < 4.78 is 5.82. The van der Waals surface area contributed by atoms with Gasteiger partial charge in [-0.1, -0.05) is 50.6 Å². The van der Waals surface area contributed by atoms with E-state index in [1.165, 1.54) is 16.5 Å². The predicted octanol–water partition coefficient (Wildman–Crippen LogP) is 4.39. The highest BCUT2D eigenvalue weighted by Gasteiger charge is 2.10. The lowest BCUT2D eigenvalue weighted by Gasteiger charge is -2.12. The van der Waals surface area contributed by atoms with Gasteiger partial charge in [0, 0.05) is 17.5 Å².